The summed E-state index contributed by atoms with van der Waals surface area (Å²) >= 11 is 1.44. The molecule has 0 bridgehead atoms. The highest BCUT2D eigenvalue weighted by atomic mass is 32.1. The van der Waals surface area contributed by atoms with Crippen molar-refractivity contribution < 1.29 is 23.1 Å². The van der Waals surface area contributed by atoms with Crippen LogP contribution in [0.3, 0.4) is 0 Å². The Balaban J connectivity index is 1.41. The van der Waals surface area contributed by atoms with Crippen molar-refractivity contribution in [3.63, 3.8) is 0 Å². The van der Waals surface area contributed by atoms with E-state index in [1.807, 2.05) is 16.9 Å². The number of rotatable bonds is 7. The Morgan fingerprint density at radius 3 is 2.66 bits per heavy atom. The Morgan fingerprint density at radius 2 is 1.97 bits per heavy atom. The van der Waals surface area contributed by atoms with Crippen LogP contribution in [0.2, 0.25) is 0 Å². The molecule has 3 heterocycles. The third kappa shape index (κ3) is 4.28. The monoisotopic (exact) mass is 456 g/mol. The minimum Gasteiger partial charge on any atom is -0.456 e. The number of hydrogen-bond acceptors (Lipinski definition) is 8. The molecule has 11 heteroatoms. The molecule has 0 spiro atoms. The molecule has 3 aromatic heterocycles. The summed E-state index contributed by atoms with van der Waals surface area (Å²) in [6.07, 6.45) is 1.68. The van der Waals surface area contributed by atoms with Crippen LogP contribution in [0.5, 0.6) is 0 Å². The van der Waals surface area contributed by atoms with Crippen molar-refractivity contribution in [2.45, 2.75) is 20.4 Å². The summed E-state index contributed by atoms with van der Waals surface area (Å²) in [7, 11) is 0. The van der Waals surface area contributed by atoms with Gasteiger partial charge in [-0.05, 0) is 44.2 Å². The molecule has 0 amide bonds. The van der Waals surface area contributed by atoms with Gasteiger partial charge in [0.1, 0.15) is 12.4 Å². The number of hydrogen-bond donors (Lipinski definition) is 0. The lowest BCUT2D eigenvalue weighted by Gasteiger charge is -2.06. The maximum atomic E-state index is 13.0. The SMILES string of the molecule is Cc1cc(C(=O)COC(=O)Cn2nc(-c3ccc(F)cc3)oc2=O)c(C)n1-c1nccs1. The zero-order valence-corrected chi connectivity index (χ0v) is 17.9. The summed E-state index contributed by atoms with van der Waals surface area (Å²) < 4.78 is 25.7. The summed E-state index contributed by atoms with van der Waals surface area (Å²) in [5.74, 6) is -2.59. The molecule has 0 radical (unpaired) electrons. The molecule has 0 unspecified atom stereocenters. The van der Waals surface area contributed by atoms with Crippen molar-refractivity contribution >= 4 is 23.1 Å². The van der Waals surface area contributed by atoms with Crippen molar-refractivity contribution in [3.05, 3.63) is 75.2 Å². The molecule has 32 heavy (non-hydrogen) atoms. The van der Waals surface area contributed by atoms with Crippen LogP contribution in [0.15, 0.2) is 51.1 Å². The first kappa shape index (κ1) is 21.4. The van der Waals surface area contributed by atoms with E-state index in [-0.39, 0.29) is 11.7 Å². The quantitative estimate of drug-likeness (QED) is 0.311. The van der Waals surface area contributed by atoms with Crippen LogP contribution in [0.1, 0.15) is 21.7 Å². The maximum absolute atomic E-state index is 13.0. The topological polar surface area (TPSA) is 109 Å². The lowest BCUT2D eigenvalue weighted by atomic mass is 10.1. The fourth-order valence-electron chi connectivity index (χ4n) is 3.17. The molecule has 4 aromatic rings. The van der Waals surface area contributed by atoms with Crippen molar-refractivity contribution in [1.82, 2.24) is 19.3 Å². The molecule has 4 rings (SSSR count). The molecule has 0 aliphatic carbocycles. The smallest absolute Gasteiger partial charge is 0.437 e. The Bertz CT molecular complexity index is 1340. The number of halogens is 1. The molecule has 0 saturated carbocycles. The second-order valence-electron chi connectivity index (χ2n) is 6.86. The van der Waals surface area contributed by atoms with Gasteiger partial charge in [0.05, 0.1) is 0 Å². The van der Waals surface area contributed by atoms with E-state index in [0.717, 1.165) is 15.5 Å². The summed E-state index contributed by atoms with van der Waals surface area (Å²) in [6.45, 7) is 2.62. The van der Waals surface area contributed by atoms with Crippen molar-refractivity contribution in [2.24, 2.45) is 0 Å². The predicted octanol–water partition coefficient (Wildman–Crippen LogP) is 2.93. The third-order valence-electron chi connectivity index (χ3n) is 4.68. The van der Waals surface area contributed by atoms with Gasteiger partial charge in [0.25, 0.3) is 0 Å². The van der Waals surface area contributed by atoms with Crippen LogP contribution in [0, 0.1) is 19.7 Å². The standard InChI is InChI=1S/C21H17FN4O5S/c1-12-9-16(13(2)26(12)20-23-7-8-32-20)17(27)11-30-18(28)10-25-21(29)31-19(24-25)14-3-5-15(22)6-4-14/h3-9H,10-11H2,1-2H3. The summed E-state index contributed by atoms with van der Waals surface area (Å²) in [4.78, 5) is 41.0. The molecule has 0 aliphatic heterocycles. The van der Waals surface area contributed by atoms with E-state index in [2.05, 4.69) is 10.1 Å². The first-order valence-corrected chi connectivity index (χ1v) is 10.3. The van der Waals surface area contributed by atoms with Gasteiger partial charge in [-0.15, -0.1) is 16.4 Å². The zero-order chi connectivity index (χ0) is 22.8. The zero-order valence-electron chi connectivity index (χ0n) is 17.1. The van der Waals surface area contributed by atoms with Gasteiger partial charge >= 0.3 is 11.7 Å². The molecule has 0 atom stereocenters. The Kier molecular flexibility index (Phi) is 5.82. The predicted molar refractivity (Wildman–Crippen MR) is 112 cm³/mol. The van der Waals surface area contributed by atoms with Gasteiger partial charge in [-0.1, -0.05) is 0 Å². The number of thiazole rings is 1. The summed E-state index contributed by atoms with van der Waals surface area (Å²) in [5, 5.41) is 6.49. The van der Waals surface area contributed by atoms with Gasteiger partial charge in [-0.2, -0.15) is 4.68 Å². The molecule has 0 fully saturated rings. The largest absolute Gasteiger partial charge is 0.456 e. The number of Topliss-reactive ketones (excluding diaryl/α,β-unsaturated/α-hetero) is 1. The van der Waals surface area contributed by atoms with Crippen molar-refractivity contribution in [1.29, 1.82) is 0 Å². The number of aromatic nitrogens is 4. The number of aryl methyl sites for hydroxylation is 1. The van der Waals surface area contributed by atoms with Gasteiger partial charge in [0, 0.05) is 34.1 Å². The second kappa shape index (κ2) is 8.71. The van der Waals surface area contributed by atoms with E-state index in [1.165, 1.54) is 35.6 Å². The van der Waals surface area contributed by atoms with Gasteiger partial charge in [0.15, 0.2) is 11.7 Å². The Labute approximate surface area is 184 Å². The lowest BCUT2D eigenvalue weighted by Crippen LogP contribution is -2.24. The number of nitrogens with zero attached hydrogens (tertiary/aromatic N) is 4. The van der Waals surface area contributed by atoms with Gasteiger partial charge in [0.2, 0.25) is 11.7 Å². The number of carbonyl (C=O) groups is 2. The molecular weight excluding hydrogens is 439 g/mol. The van der Waals surface area contributed by atoms with E-state index in [9.17, 15) is 18.8 Å². The molecule has 0 N–H and O–H groups in total. The summed E-state index contributed by atoms with van der Waals surface area (Å²) in [5.41, 5.74) is 2.31. The first-order chi connectivity index (χ1) is 15.3. The lowest BCUT2D eigenvalue weighted by molar-refractivity contribution is -0.143. The molecule has 0 saturated heterocycles. The highest BCUT2D eigenvalue weighted by Gasteiger charge is 2.20. The Hall–Kier alpha value is -3.86. The van der Waals surface area contributed by atoms with Crippen molar-refractivity contribution in [3.8, 4) is 16.6 Å². The second-order valence-corrected chi connectivity index (χ2v) is 7.73. The highest BCUT2D eigenvalue weighted by molar-refractivity contribution is 7.12. The number of ether oxygens (including phenoxy) is 1. The van der Waals surface area contributed by atoms with Crippen LogP contribution in [0.4, 0.5) is 4.39 Å². The van der Waals surface area contributed by atoms with Crippen LogP contribution in [-0.4, -0.2) is 37.7 Å². The third-order valence-corrected chi connectivity index (χ3v) is 5.44. The fourth-order valence-corrected chi connectivity index (χ4v) is 3.92. The van der Waals surface area contributed by atoms with Crippen molar-refractivity contribution in [2.75, 3.05) is 6.61 Å². The number of ketones is 1. The average Bonchev–Trinajstić information content (AvgIpc) is 3.47. The van der Waals surface area contributed by atoms with Crippen LogP contribution >= 0.6 is 11.3 Å². The molecule has 164 valence electrons. The molecule has 1 aromatic carbocycles. The average molecular weight is 456 g/mol. The minimum absolute atomic E-state index is 0.0616. The maximum Gasteiger partial charge on any atom is 0.437 e. The van der Waals surface area contributed by atoms with E-state index < -0.39 is 30.7 Å². The fraction of sp³-hybridized carbons (Fsp3) is 0.190. The minimum atomic E-state index is -0.875. The first-order valence-electron chi connectivity index (χ1n) is 9.45. The summed E-state index contributed by atoms with van der Waals surface area (Å²) in [6, 6.07) is 6.89. The number of carbonyl (C=O) groups excluding carboxylic acids is 2. The van der Waals surface area contributed by atoms with E-state index in [0.29, 0.717) is 16.8 Å². The van der Waals surface area contributed by atoms with Gasteiger partial charge < -0.3 is 9.15 Å². The number of esters is 1. The van der Waals surface area contributed by atoms with E-state index in [1.54, 1.807) is 19.2 Å². The highest BCUT2D eigenvalue weighted by Crippen LogP contribution is 2.22. The number of benzene rings is 1. The molecule has 9 nitrogen and oxygen atoms in total. The van der Waals surface area contributed by atoms with Crippen LogP contribution in [0.25, 0.3) is 16.6 Å². The van der Waals surface area contributed by atoms with E-state index >= 15 is 0 Å². The van der Waals surface area contributed by atoms with E-state index in [4.69, 9.17) is 9.15 Å². The van der Waals surface area contributed by atoms with Crippen LogP contribution in [-0.2, 0) is 16.1 Å². The normalized spacial score (nSPS) is 11.0. The van der Waals surface area contributed by atoms with Gasteiger partial charge in [-0.3, -0.25) is 14.2 Å². The van der Waals surface area contributed by atoms with Crippen LogP contribution < -0.4 is 5.76 Å². The van der Waals surface area contributed by atoms with Gasteiger partial charge in [-0.25, -0.2) is 14.2 Å². The molecular formula is C21H17FN4O5S. The molecule has 0 aliphatic rings. The Morgan fingerprint density at radius 1 is 1.22 bits per heavy atom.